The molecule has 0 aromatic heterocycles. The van der Waals surface area contributed by atoms with Gasteiger partial charge in [0, 0.05) is 18.8 Å². The van der Waals surface area contributed by atoms with Crippen LogP contribution in [-0.2, 0) is 9.59 Å². The number of piperazine rings is 1. The number of nitrogens with one attached hydrogen (secondary N) is 3. The average molecular weight is 419 g/mol. The number of fused-ring (bicyclic) bond motifs is 1. The molecule has 0 radical (unpaired) electrons. The summed E-state index contributed by atoms with van der Waals surface area (Å²) in [5.74, 6) is 1.53. The third-order valence-corrected chi connectivity index (χ3v) is 7.25. The summed E-state index contributed by atoms with van der Waals surface area (Å²) in [6.07, 6.45) is 6.54. The van der Waals surface area contributed by atoms with Gasteiger partial charge in [0.1, 0.15) is 32.0 Å². The SMILES string of the molecule is O=C(C[NH+]1CC[NH+](CC(=O)N2CC[C@H]3CCCC[C@@H]3C2)CC1)Nc1ccc(F)cc1. The molecular formula is C23H35FN4O2+2. The molecule has 1 aliphatic carbocycles. The zero-order valence-corrected chi connectivity index (χ0v) is 17.8. The van der Waals surface area contributed by atoms with Gasteiger partial charge in [0.25, 0.3) is 11.8 Å². The van der Waals surface area contributed by atoms with Crippen LogP contribution in [-0.4, -0.2) is 69.1 Å². The molecule has 2 saturated heterocycles. The maximum absolute atomic E-state index is 13.0. The number of quaternary nitrogens is 2. The molecule has 164 valence electrons. The molecule has 1 aromatic rings. The predicted molar refractivity (Wildman–Crippen MR) is 113 cm³/mol. The number of piperidine rings is 1. The molecule has 3 fully saturated rings. The van der Waals surface area contributed by atoms with Crippen LogP contribution in [0.2, 0.25) is 0 Å². The lowest BCUT2D eigenvalue weighted by atomic mass is 9.75. The Morgan fingerprint density at radius 2 is 1.57 bits per heavy atom. The highest BCUT2D eigenvalue weighted by atomic mass is 19.1. The summed E-state index contributed by atoms with van der Waals surface area (Å²) in [7, 11) is 0. The minimum Gasteiger partial charge on any atom is -0.338 e. The number of nitrogens with zero attached hydrogens (tertiary/aromatic N) is 1. The zero-order valence-electron chi connectivity index (χ0n) is 17.8. The molecule has 0 spiro atoms. The van der Waals surface area contributed by atoms with Gasteiger partial charge in [-0.25, -0.2) is 4.39 Å². The number of amides is 2. The largest absolute Gasteiger partial charge is 0.338 e. The Labute approximate surface area is 178 Å². The van der Waals surface area contributed by atoms with Crippen molar-refractivity contribution in [3.63, 3.8) is 0 Å². The van der Waals surface area contributed by atoms with Crippen LogP contribution in [0.4, 0.5) is 10.1 Å². The van der Waals surface area contributed by atoms with Gasteiger partial charge < -0.3 is 20.0 Å². The lowest BCUT2D eigenvalue weighted by molar-refractivity contribution is -1.00. The number of halogens is 1. The third kappa shape index (κ3) is 5.58. The molecule has 30 heavy (non-hydrogen) atoms. The molecule has 0 bridgehead atoms. The summed E-state index contributed by atoms with van der Waals surface area (Å²) in [6.45, 7) is 6.54. The average Bonchev–Trinajstić information content (AvgIpc) is 2.76. The highest BCUT2D eigenvalue weighted by Gasteiger charge is 2.34. The lowest BCUT2D eigenvalue weighted by Crippen LogP contribution is -3.28. The van der Waals surface area contributed by atoms with Crippen LogP contribution in [0.5, 0.6) is 0 Å². The molecule has 4 rings (SSSR count). The molecule has 2 amide bonds. The number of rotatable bonds is 5. The first-order valence-electron chi connectivity index (χ1n) is 11.6. The number of hydrogen-bond acceptors (Lipinski definition) is 2. The van der Waals surface area contributed by atoms with E-state index < -0.39 is 0 Å². The van der Waals surface area contributed by atoms with Crippen molar-refractivity contribution in [1.29, 1.82) is 0 Å². The van der Waals surface area contributed by atoms with E-state index in [9.17, 15) is 14.0 Å². The molecule has 1 aromatic carbocycles. The molecule has 0 unspecified atom stereocenters. The van der Waals surface area contributed by atoms with Gasteiger partial charge in [0.05, 0.1) is 0 Å². The van der Waals surface area contributed by atoms with E-state index in [2.05, 4.69) is 10.2 Å². The molecule has 6 nitrogen and oxygen atoms in total. The van der Waals surface area contributed by atoms with Crippen molar-refractivity contribution in [3.05, 3.63) is 30.1 Å². The summed E-state index contributed by atoms with van der Waals surface area (Å²) in [5.41, 5.74) is 0.623. The Hall–Kier alpha value is -1.99. The molecular weight excluding hydrogens is 383 g/mol. The fourth-order valence-corrected chi connectivity index (χ4v) is 5.43. The van der Waals surface area contributed by atoms with Gasteiger partial charge in [0.2, 0.25) is 0 Å². The molecule has 3 aliphatic rings. The van der Waals surface area contributed by atoms with Crippen LogP contribution in [0.3, 0.4) is 0 Å². The topological polar surface area (TPSA) is 58.3 Å². The van der Waals surface area contributed by atoms with Crippen LogP contribution in [0.1, 0.15) is 32.1 Å². The summed E-state index contributed by atoms with van der Waals surface area (Å²) in [6, 6.07) is 5.84. The van der Waals surface area contributed by atoms with E-state index in [1.807, 2.05) is 0 Å². The number of likely N-dealkylation sites (tertiary alicyclic amines) is 1. The highest BCUT2D eigenvalue weighted by molar-refractivity contribution is 5.91. The second-order valence-corrected chi connectivity index (χ2v) is 9.34. The lowest BCUT2D eigenvalue weighted by Gasteiger charge is -2.41. The molecule has 2 aliphatic heterocycles. The van der Waals surface area contributed by atoms with Crippen LogP contribution < -0.4 is 15.1 Å². The number of carbonyl (C=O) groups excluding carboxylic acids is 2. The molecule has 3 N–H and O–H groups in total. The third-order valence-electron chi connectivity index (χ3n) is 7.25. The van der Waals surface area contributed by atoms with E-state index in [1.54, 1.807) is 12.1 Å². The molecule has 7 heteroatoms. The van der Waals surface area contributed by atoms with Crippen molar-refractivity contribution in [2.45, 2.75) is 32.1 Å². The van der Waals surface area contributed by atoms with Gasteiger partial charge in [-0.3, -0.25) is 9.59 Å². The van der Waals surface area contributed by atoms with Crippen molar-refractivity contribution >= 4 is 17.5 Å². The van der Waals surface area contributed by atoms with E-state index in [0.29, 0.717) is 24.7 Å². The van der Waals surface area contributed by atoms with E-state index in [0.717, 1.165) is 51.1 Å². The first-order valence-corrected chi connectivity index (χ1v) is 11.6. The maximum atomic E-state index is 13.0. The van der Waals surface area contributed by atoms with Crippen LogP contribution in [0.25, 0.3) is 0 Å². The summed E-state index contributed by atoms with van der Waals surface area (Å²) >= 11 is 0. The fraction of sp³-hybridized carbons (Fsp3) is 0.652. The Bertz CT molecular complexity index is 733. The summed E-state index contributed by atoms with van der Waals surface area (Å²) in [4.78, 5) is 29.8. The monoisotopic (exact) mass is 418 g/mol. The number of hydrogen-bond donors (Lipinski definition) is 3. The van der Waals surface area contributed by atoms with Gasteiger partial charge in [-0.05, 0) is 48.9 Å². The number of anilines is 1. The first-order chi connectivity index (χ1) is 14.6. The Balaban J connectivity index is 1.17. The minimum atomic E-state index is -0.310. The summed E-state index contributed by atoms with van der Waals surface area (Å²) < 4.78 is 13.0. The van der Waals surface area contributed by atoms with Gasteiger partial charge in [-0.15, -0.1) is 0 Å². The minimum absolute atomic E-state index is 0.0495. The van der Waals surface area contributed by atoms with E-state index in [4.69, 9.17) is 0 Å². The van der Waals surface area contributed by atoms with Crippen molar-refractivity contribution in [2.75, 3.05) is 57.7 Å². The second kappa shape index (κ2) is 9.88. The fourth-order valence-electron chi connectivity index (χ4n) is 5.43. The van der Waals surface area contributed by atoms with Gasteiger partial charge in [-0.1, -0.05) is 19.3 Å². The quantitative estimate of drug-likeness (QED) is 0.609. The summed E-state index contributed by atoms with van der Waals surface area (Å²) in [5, 5.41) is 2.83. The molecule has 1 saturated carbocycles. The predicted octanol–water partition coefficient (Wildman–Crippen LogP) is -0.414. The van der Waals surface area contributed by atoms with E-state index in [-0.39, 0.29) is 11.7 Å². The first kappa shape index (κ1) is 21.2. The standard InChI is InChI=1S/C23H33FN4O2/c24-20-5-7-21(8-6-20)25-22(29)16-26-11-13-27(14-12-26)17-23(30)28-10-9-18-3-1-2-4-19(18)15-28/h5-8,18-19H,1-4,9-17H2,(H,25,29)/p+2/t18-,19-/m1/s1. The van der Waals surface area contributed by atoms with Crippen LogP contribution >= 0.6 is 0 Å². The Morgan fingerprint density at radius 3 is 2.27 bits per heavy atom. The highest BCUT2D eigenvalue weighted by Crippen LogP contribution is 2.35. The van der Waals surface area contributed by atoms with Crippen molar-refractivity contribution < 1.29 is 23.8 Å². The van der Waals surface area contributed by atoms with Crippen molar-refractivity contribution in [1.82, 2.24) is 4.90 Å². The number of benzene rings is 1. The Morgan fingerprint density at radius 1 is 0.933 bits per heavy atom. The van der Waals surface area contributed by atoms with Gasteiger partial charge in [0.15, 0.2) is 13.1 Å². The normalized spacial score (nSPS) is 29.2. The van der Waals surface area contributed by atoms with E-state index in [1.165, 1.54) is 54.0 Å². The zero-order chi connectivity index (χ0) is 20.9. The van der Waals surface area contributed by atoms with Crippen molar-refractivity contribution in [3.8, 4) is 0 Å². The van der Waals surface area contributed by atoms with E-state index >= 15 is 0 Å². The van der Waals surface area contributed by atoms with Gasteiger partial charge in [-0.2, -0.15) is 0 Å². The Kier molecular flexibility index (Phi) is 7.00. The van der Waals surface area contributed by atoms with Crippen LogP contribution in [0, 0.1) is 17.7 Å². The van der Waals surface area contributed by atoms with Crippen molar-refractivity contribution in [2.24, 2.45) is 11.8 Å². The second-order valence-electron chi connectivity index (χ2n) is 9.34. The van der Waals surface area contributed by atoms with Crippen LogP contribution in [0.15, 0.2) is 24.3 Å². The number of carbonyl (C=O) groups is 2. The molecule has 2 atom stereocenters. The van der Waals surface area contributed by atoms with Gasteiger partial charge >= 0.3 is 0 Å². The smallest absolute Gasteiger partial charge is 0.279 e. The maximum Gasteiger partial charge on any atom is 0.279 e. The molecule has 2 heterocycles.